The van der Waals surface area contributed by atoms with Crippen molar-refractivity contribution in [1.29, 1.82) is 0 Å². The summed E-state index contributed by atoms with van der Waals surface area (Å²) in [6.45, 7) is 4.41. The first kappa shape index (κ1) is 12.7. The fraction of sp³-hybridized carbons (Fsp3) is 0.800. The molecule has 0 aromatic carbocycles. The van der Waals surface area contributed by atoms with E-state index in [1.807, 2.05) is 0 Å². The standard InChI is InChI=1S/C15H24O2/c1-3-5-7-12-10-11(4-2)15-13(16)8-6-9-14(15)17-12/h11-12H,3-10H2,1-2H3. The molecule has 0 amide bonds. The molecule has 0 N–H and O–H groups in total. The Morgan fingerprint density at radius 2 is 2.12 bits per heavy atom. The summed E-state index contributed by atoms with van der Waals surface area (Å²) in [5.41, 5.74) is 1.05. The SMILES string of the molecule is CCCCC1CC(CC)C2=C(CCCC2=O)O1. The molecule has 2 nitrogen and oxygen atoms in total. The largest absolute Gasteiger partial charge is 0.494 e. The Morgan fingerprint density at radius 3 is 2.82 bits per heavy atom. The van der Waals surface area contributed by atoms with Gasteiger partial charge in [0.15, 0.2) is 5.78 Å². The van der Waals surface area contributed by atoms with Crippen molar-refractivity contribution in [1.82, 2.24) is 0 Å². The van der Waals surface area contributed by atoms with Gasteiger partial charge in [0, 0.05) is 18.4 Å². The normalized spacial score (nSPS) is 28.9. The van der Waals surface area contributed by atoms with Gasteiger partial charge >= 0.3 is 0 Å². The number of carbonyl (C=O) groups is 1. The lowest BCUT2D eigenvalue weighted by Crippen LogP contribution is -2.31. The highest BCUT2D eigenvalue weighted by atomic mass is 16.5. The number of carbonyl (C=O) groups excluding carboxylic acids is 1. The van der Waals surface area contributed by atoms with E-state index in [1.165, 1.54) is 12.8 Å². The van der Waals surface area contributed by atoms with Crippen LogP contribution in [0.3, 0.4) is 0 Å². The molecule has 1 heterocycles. The number of Topliss-reactive ketones (excluding diaryl/α,β-unsaturated/α-hetero) is 1. The first-order chi connectivity index (χ1) is 8.26. The average Bonchev–Trinajstić information content (AvgIpc) is 2.35. The Kier molecular flexibility index (Phi) is 4.25. The van der Waals surface area contributed by atoms with Crippen LogP contribution in [0.1, 0.15) is 65.2 Å². The van der Waals surface area contributed by atoms with Crippen LogP contribution in [-0.4, -0.2) is 11.9 Å². The second-order valence-electron chi connectivity index (χ2n) is 5.34. The zero-order valence-electron chi connectivity index (χ0n) is 11.1. The monoisotopic (exact) mass is 236 g/mol. The fourth-order valence-electron chi connectivity index (χ4n) is 3.08. The van der Waals surface area contributed by atoms with Crippen LogP contribution in [0.5, 0.6) is 0 Å². The summed E-state index contributed by atoms with van der Waals surface area (Å²) in [7, 11) is 0. The number of hydrogen-bond acceptors (Lipinski definition) is 2. The van der Waals surface area contributed by atoms with E-state index in [2.05, 4.69) is 13.8 Å². The first-order valence-electron chi connectivity index (χ1n) is 7.19. The van der Waals surface area contributed by atoms with Gasteiger partial charge in [0.2, 0.25) is 0 Å². The van der Waals surface area contributed by atoms with Crippen molar-refractivity contribution in [2.24, 2.45) is 5.92 Å². The van der Waals surface area contributed by atoms with Crippen LogP contribution in [-0.2, 0) is 9.53 Å². The number of rotatable bonds is 4. The van der Waals surface area contributed by atoms with Crippen LogP contribution in [0.25, 0.3) is 0 Å². The van der Waals surface area contributed by atoms with Crippen molar-refractivity contribution >= 4 is 5.78 Å². The van der Waals surface area contributed by atoms with E-state index in [9.17, 15) is 4.79 Å². The van der Waals surface area contributed by atoms with Gasteiger partial charge in [-0.05, 0) is 31.6 Å². The molecule has 0 aromatic heterocycles. The summed E-state index contributed by atoms with van der Waals surface area (Å²) in [6, 6.07) is 0. The molecule has 0 spiro atoms. The number of ketones is 1. The Hall–Kier alpha value is -0.790. The topological polar surface area (TPSA) is 26.3 Å². The molecule has 2 unspecified atom stereocenters. The highest BCUT2D eigenvalue weighted by Gasteiger charge is 2.34. The molecule has 0 aromatic rings. The Labute approximate surface area is 104 Å². The lowest BCUT2D eigenvalue weighted by Gasteiger charge is -2.35. The number of ether oxygens (including phenoxy) is 1. The fourth-order valence-corrected chi connectivity index (χ4v) is 3.08. The van der Waals surface area contributed by atoms with E-state index in [1.54, 1.807) is 0 Å². The smallest absolute Gasteiger partial charge is 0.162 e. The summed E-state index contributed by atoms with van der Waals surface area (Å²) in [5.74, 6) is 1.86. The zero-order valence-corrected chi connectivity index (χ0v) is 11.1. The van der Waals surface area contributed by atoms with Crippen molar-refractivity contribution in [2.45, 2.75) is 71.3 Å². The number of unbranched alkanes of at least 4 members (excludes halogenated alkanes) is 1. The predicted molar refractivity (Wildman–Crippen MR) is 68.7 cm³/mol. The summed E-state index contributed by atoms with van der Waals surface area (Å²) in [6.07, 6.45) is 8.81. The van der Waals surface area contributed by atoms with Crippen molar-refractivity contribution in [2.75, 3.05) is 0 Å². The van der Waals surface area contributed by atoms with Crippen molar-refractivity contribution in [3.8, 4) is 0 Å². The zero-order chi connectivity index (χ0) is 12.3. The average molecular weight is 236 g/mol. The van der Waals surface area contributed by atoms with Crippen LogP contribution >= 0.6 is 0 Å². The molecule has 2 atom stereocenters. The number of hydrogen-bond donors (Lipinski definition) is 0. The van der Waals surface area contributed by atoms with E-state index in [0.717, 1.165) is 49.9 Å². The van der Waals surface area contributed by atoms with E-state index >= 15 is 0 Å². The maximum atomic E-state index is 12.0. The Morgan fingerprint density at radius 1 is 1.29 bits per heavy atom. The maximum Gasteiger partial charge on any atom is 0.162 e. The van der Waals surface area contributed by atoms with E-state index in [4.69, 9.17) is 4.74 Å². The lowest BCUT2D eigenvalue weighted by atomic mass is 9.80. The maximum absolute atomic E-state index is 12.0. The third-order valence-electron chi connectivity index (χ3n) is 4.05. The van der Waals surface area contributed by atoms with Crippen molar-refractivity contribution in [3.63, 3.8) is 0 Å². The summed E-state index contributed by atoms with van der Waals surface area (Å²) < 4.78 is 6.05. The minimum Gasteiger partial charge on any atom is -0.494 e. The molecule has 2 heteroatoms. The molecular weight excluding hydrogens is 212 g/mol. The minimum absolute atomic E-state index is 0.354. The molecule has 2 rings (SSSR count). The highest BCUT2D eigenvalue weighted by molar-refractivity contribution is 5.97. The molecule has 0 bridgehead atoms. The van der Waals surface area contributed by atoms with Gasteiger partial charge in [-0.3, -0.25) is 4.79 Å². The molecule has 0 fully saturated rings. The van der Waals surface area contributed by atoms with E-state index < -0.39 is 0 Å². The highest BCUT2D eigenvalue weighted by Crippen LogP contribution is 2.39. The van der Waals surface area contributed by atoms with Crippen LogP contribution in [0.15, 0.2) is 11.3 Å². The molecule has 1 aliphatic heterocycles. The molecule has 1 aliphatic carbocycles. The lowest BCUT2D eigenvalue weighted by molar-refractivity contribution is -0.118. The summed E-state index contributed by atoms with van der Waals surface area (Å²) in [5, 5.41) is 0. The molecule has 0 saturated carbocycles. The van der Waals surface area contributed by atoms with Gasteiger partial charge in [-0.25, -0.2) is 0 Å². The van der Waals surface area contributed by atoms with E-state index in [0.29, 0.717) is 17.8 Å². The number of allylic oxidation sites excluding steroid dienone is 2. The summed E-state index contributed by atoms with van der Waals surface area (Å²) in [4.78, 5) is 12.0. The van der Waals surface area contributed by atoms with Gasteiger partial charge in [-0.15, -0.1) is 0 Å². The van der Waals surface area contributed by atoms with Crippen LogP contribution in [0.2, 0.25) is 0 Å². The van der Waals surface area contributed by atoms with Crippen LogP contribution < -0.4 is 0 Å². The second kappa shape index (κ2) is 5.70. The van der Waals surface area contributed by atoms with Crippen LogP contribution in [0.4, 0.5) is 0 Å². The molecule has 96 valence electrons. The van der Waals surface area contributed by atoms with Gasteiger partial charge in [-0.1, -0.05) is 26.7 Å². The van der Waals surface area contributed by atoms with Crippen LogP contribution in [0, 0.1) is 5.92 Å². The molecule has 2 aliphatic rings. The van der Waals surface area contributed by atoms with Gasteiger partial charge in [-0.2, -0.15) is 0 Å². The predicted octanol–water partition coefficient (Wildman–Crippen LogP) is 4.00. The molecular formula is C15H24O2. The van der Waals surface area contributed by atoms with Gasteiger partial charge in [0.1, 0.15) is 5.76 Å². The third-order valence-corrected chi connectivity index (χ3v) is 4.05. The Balaban J connectivity index is 2.12. The van der Waals surface area contributed by atoms with Gasteiger partial charge < -0.3 is 4.74 Å². The second-order valence-corrected chi connectivity index (χ2v) is 5.34. The first-order valence-corrected chi connectivity index (χ1v) is 7.19. The van der Waals surface area contributed by atoms with E-state index in [-0.39, 0.29) is 0 Å². The third kappa shape index (κ3) is 2.72. The van der Waals surface area contributed by atoms with Crippen molar-refractivity contribution in [3.05, 3.63) is 11.3 Å². The molecule has 17 heavy (non-hydrogen) atoms. The summed E-state index contributed by atoms with van der Waals surface area (Å²) >= 11 is 0. The van der Waals surface area contributed by atoms with Gasteiger partial charge in [0.25, 0.3) is 0 Å². The minimum atomic E-state index is 0.354. The quantitative estimate of drug-likeness (QED) is 0.737. The molecule has 0 saturated heterocycles. The molecule has 0 radical (unpaired) electrons. The van der Waals surface area contributed by atoms with Crippen molar-refractivity contribution < 1.29 is 9.53 Å². The Bertz CT molecular complexity index is 317. The van der Waals surface area contributed by atoms with Gasteiger partial charge in [0.05, 0.1) is 6.10 Å².